The first-order valence-electron chi connectivity index (χ1n) is 4.86. The van der Waals surface area contributed by atoms with Crippen LogP contribution in [0.2, 0.25) is 0 Å². The predicted molar refractivity (Wildman–Crippen MR) is 48.3 cm³/mol. The smallest absolute Gasteiger partial charge is 0.0594 e. The highest BCUT2D eigenvalue weighted by Gasteiger charge is 2.26. The van der Waals surface area contributed by atoms with Crippen molar-refractivity contribution >= 4 is 0 Å². The Balaban J connectivity index is 1.83. The van der Waals surface area contributed by atoms with E-state index in [4.69, 9.17) is 4.74 Å². The van der Waals surface area contributed by atoms with Gasteiger partial charge in [-0.05, 0) is 20.0 Å². The zero-order valence-electron chi connectivity index (χ0n) is 7.83. The number of hydrogen-bond acceptors (Lipinski definition) is 3. The van der Waals surface area contributed by atoms with E-state index in [1.54, 1.807) is 0 Å². The van der Waals surface area contributed by atoms with Crippen LogP contribution >= 0.6 is 0 Å². The number of ether oxygens (including phenoxy) is 1. The van der Waals surface area contributed by atoms with Gasteiger partial charge in [-0.15, -0.1) is 0 Å². The molecular weight excluding hydrogens is 152 g/mol. The summed E-state index contributed by atoms with van der Waals surface area (Å²) in [4.78, 5) is 4.99. The number of hydrogen-bond donors (Lipinski definition) is 0. The quantitative estimate of drug-likeness (QED) is 0.552. The maximum Gasteiger partial charge on any atom is 0.0594 e. The Morgan fingerprint density at radius 2 is 1.92 bits per heavy atom. The van der Waals surface area contributed by atoms with Crippen molar-refractivity contribution in [1.82, 2.24) is 9.80 Å². The van der Waals surface area contributed by atoms with Gasteiger partial charge in [0, 0.05) is 25.7 Å². The first-order chi connectivity index (χ1) is 5.86. The zero-order chi connectivity index (χ0) is 8.39. The maximum atomic E-state index is 5.33. The van der Waals surface area contributed by atoms with Gasteiger partial charge in [0.25, 0.3) is 0 Å². The Morgan fingerprint density at radius 3 is 2.50 bits per heavy atom. The Kier molecular flexibility index (Phi) is 2.63. The monoisotopic (exact) mass is 170 g/mol. The lowest BCUT2D eigenvalue weighted by molar-refractivity contribution is 0.0189. The first-order valence-corrected chi connectivity index (χ1v) is 4.86. The molecule has 3 nitrogen and oxygen atoms in total. The van der Waals surface area contributed by atoms with Gasteiger partial charge in [-0.2, -0.15) is 0 Å². The molecule has 0 bridgehead atoms. The molecule has 1 atom stereocenters. The first kappa shape index (κ1) is 8.48. The van der Waals surface area contributed by atoms with Crippen LogP contribution in [0.4, 0.5) is 0 Å². The molecule has 0 saturated carbocycles. The Labute approximate surface area is 74.3 Å². The van der Waals surface area contributed by atoms with Crippen molar-refractivity contribution in [2.75, 3.05) is 46.4 Å². The standard InChI is InChI=1S/C9H18N2O/c1-10-3-2-9(8-10)11-4-6-12-7-5-11/h9H,2-8H2,1H3/t9-/m1/s1. The minimum Gasteiger partial charge on any atom is -0.379 e. The summed E-state index contributed by atoms with van der Waals surface area (Å²) in [6.45, 7) is 6.65. The fourth-order valence-corrected chi connectivity index (χ4v) is 2.15. The maximum absolute atomic E-state index is 5.33. The van der Waals surface area contributed by atoms with Gasteiger partial charge in [-0.3, -0.25) is 4.90 Å². The average Bonchev–Trinajstić information content (AvgIpc) is 2.54. The third kappa shape index (κ3) is 1.79. The van der Waals surface area contributed by atoms with E-state index in [0.29, 0.717) is 0 Å². The van der Waals surface area contributed by atoms with E-state index in [-0.39, 0.29) is 0 Å². The van der Waals surface area contributed by atoms with Crippen molar-refractivity contribution in [2.24, 2.45) is 0 Å². The molecule has 2 fully saturated rings. The topological polar surface area (TPSA) is 15.7 Å². The summed E-state index contributed by atoms with van der Waals surface area (Å²) in [5.74, 6) is 0. The molecule has 2 aliphatic heterocycles. The van der Waals surface area contributed by atoms with Crippen LogP contribution in [-0.4, -0.2) is 62.3 Å². The predicted octanol–water partition coefficient (Wildman–Crippen LogP) is 0.0227. The number of morpholine rings is 1. The minimum absolute atomic E-state index is 0.805. The summed E-state index contributed by atoms with van der Waals surface area (Å²) in [7, 11) is 2.21. The molecule has 0 amide bonds. The molecule has 2 heterocycles. The zero-order valence-corrected chi connectivity index (χ0v) is 7.83. The van der Waals surface area contributed by atoms with Crippen LogP contribution in [0, 0.1) is 0 Å². The highest BCUT2D eigenvalue weighted by molar-refractivity contribution is 4.82. The second kappa shape index (κ2) is 3.73. The molecule has 0 aromatic rings. The minimum atomic E-state index is 0.805. The molecule has 2 saturated heterocycles. The van der Waals surface area contributed by atoms with Gasteiger partial charge in [0.1, 0.15) is 0 Å². The van der Waals surface area contributed by atoms with E-state index >= 15 is 0 Å². The molecule has 2 rings (SSSR count). The highest BCUT2D eigenvalue weighted by atomic mass is 16.5. The van der Waals surface area contributed by atoms with Gasteiger partial charge in [-0.1, -0.05) is 0 Å². The van der Waals surface area contributed by atoms with Crippen molar-refractivity contribution in [3.05, 3.63) is 0 Å². The van der Waals surface area contributed by atoms with Crippen molar-refractivity contribution < 1.29 is 4.74 Å². The van der Waals surface area contributed by atoms with Gasteiger partial charge in [0.15, 0.2) is 0 Å². The van der Waals surface area contributed by atoms with Crippen molar-refractivity contribution in [2.45, 2.75) is 12.5 Å². The largest absolute Gasteiger partial charge is 0.379 e. The summed E-state index contributed by atoms with van der Waals surface area (Å²) in [6.07, 6.45) is 1.34. The second-order valence-corrected chi connectivity index (χ2v) is 3.85. The normalized spacial score (nSPS) is 34.2. The van der Waals surface area contributed by atoms with Crippen molar-refractivity contribution in [3.63, 3.8) is 0 Å². The van der Waals surface area contributed by atoms with Crippen LogP contribution in [-0.2, 0) is 4.74 Å². The summed E-state index contributed by atoms with van der Waals surface area (Å²) >= 11 is 0. The van der Waals surface area contributed by atoms with Gasteiger partial charge < -0.3 is 9.64 Å². The van der Waals surface area contributed by atoms with E-state index < -0.39 is 0 Å². The van der Waals surface area contributed by atoms with Crippen LogP contribution in [0.3, 0.4) is 0 Å². The third-order valence-electron chi connectivity index (χ3n) is 2.93. The molecule has 70 valence electrons. The number of rotatable bonds is 1. The fourth-order valence-electron chi connectivity index (χ4n) is 2.15. The van der Waals surface area contributed by atoms with Crippen LogP contribution in [0.1, 0.15) is 6.42 Å². The lowest BCUT2D eigenvalue weighted by Gasteiger charge is -2.31. The van der Waals surface area contributed by atoms with E-state index in [1.807, 2.05) is 0 Å². The molecule has 12 heavy (non-hydrogen) atoms. The van der Waals surface area contributed by atoms with E-state index in [9.17, 15) is 0 Å². The molecule has 0 spiro atoms. The second-order valence-electron chi connectivity index (χ2n) is 3.85. The van der Waals surface area contributed by atoms with Gasteiger partial charge in [-0.25, -0.2) is 0 Å². The molecular formula is C9H18N2O. The van der Waals surface area contributed by atoms with Crippen LogP contribution in [0.15, 0.2) is 0 Å². The summed E-state index contributed by atoms with van der Waals surface area (Å²) < 4.78 is 5.33. The van der Waals surface area contributed by atoms with Crippen LogP contribution in [0.25, 0.3) is 0 Å². The van der Waals surface area contributed by atoms with Crippen molar-refractivity contribution in [3.8, 4) is 0 Å². The SMILES string of the molecule is CN1CC[C@@H](N2CCOCC2)C1. The molecule has 0 aromatic carbocycles. The highest BCUT2D eigenvalue weighted by Crippen LogP contribution is 2.14. The van der Waals surface area contributed by atoms with Gasteiger partial charge in [0.2, 0.25) is 0 Å². The molecule has 0 aromatic heterocycles. The fraction of sp³-hybridized carbons (Fsp3) is 1.00. The molecule has 0 aliphatic carbocycles. The van der Waals surface area contributed by atoms with E-state index in [1.165, 1.54) is 19.5 Å². The van der Waals surface area contributed by atoms with Crippen LogP contribution < -0.4 is 0 Å². The number of likely N-dealkylation sites (tertiary alicyclic amines) is 1. The number of likely N-dealkylation sites (N-methyl/N-ethyl adjacent to an activating group) is 1. The lowest BCUT2D eigenvalue weighted by atomic mass is 10.2. The van der Waals surface area contributed by atoms with Crippen LogP contribution in [0.5, 0.6) is 0 Å². The Bertz CT molecular complexity index is 143. The number of nitrogens with zero attached hydrogens (tertiary/aromatic N) is 2. The average molecular weight is 170 g/mol. The molecule has 3 heteroatoms. The Hall–Kier alpha value is -0.120. The van der Waals surface area contributed by atoms with E-state index in [0.717, 1.165) is 32.3 Å². The van der Waals surface area contributed by atoms with Gasteiger partial charge >= 0.3 is 0 Å². The van der Waals surface area contributed by atoms with Crippen molar-refractivity contribution in [1.29, 1.82) is 0 Å². The molecule has 0 radical (unpaired) electrons. The molecule has 2 aliphatic rings. The summed E-state index contributed by atoms with van der Waals surface area (Å²) in [5.41, 5.74) is 0. The Morgan fingerprint density at radius 1 is 1.17 bits per heavy atom. The molecule has 0 N–H and O–H groups in total. The summed E-state index contributed by atoms with van der Waals surface area (Å²) in [6, 6.07) is 0.805. The summed E-state index contributed by atoms with van der Waals surface area (Å²) in [5, 5.41) is 0. The van der Waals surface area contributed by atoms with Gasteiger partial charge in [0.05, 0.1) is 13.2 Å². The lowest BCUT2D eigenvalue weighted by Crippen LogP contribution is -2.44. The molecule has 0 unspecified atom stereocenters. The van der Waals surface area contributed by atoms with E-state index in [2.05, 4.69) is 16.8 Å². The third-order valence-corrected chi connectivity index (χ3v) is 2.93.